The third-order valence-electron chi connectivity index (χ3n) is 4.95. The van der Waals surface area contributed by atoms with E-state index in [2.05, 4.69) is 0 Å². The molecule has 34 heavy (non-hydrogen) atoms. The van der Waals surface area contributed by atoms with Crippen LogP contribution in [0.4, 0.5) is 0 Å². The Morgan fingerprint density at radius 2 is 1.35 bits per heavy atom. The van der Waals surface area contributed by atoms with Gasteiger partial charge >= 0.3 is 23.9 Å². The molecule has 0 spiro atoms. The molecule has 1 saturated heterocycles. The van der Waals surface area contributed by atoms with E-state index < -0.39 is 54.6 Å². The largest absolute Gasteiger partial charge is 0.462 e. The molecule has 10 heteroatoms. The lowest BCUT2D eigenvalue weighted by atomic mass is 10.1. The van der Waals surface area contributed by atoms with Gasteiger partial charge in [-0.1, -0.05) is 45.9 Å². The summed E-state index contributed by atoms with van der Waals surface area (Å²) in [6.07, 6.45) is -5.48. The van der Waals surface area contributed by atoms with Crippen molar-refractivity contribution in [2.45, 2.75) is 84.1 Å². The van der Waals surface area contributed by atoms with Crippen LogP contribution in [0.1, 0.15) is 53.4 Å². The van der Waals surface area contributed by atoms with Gasteiger partial charge in [0, 0.05) is 25.7 Å². The van der Waals surface area contributed by atoms with Crippen LogP contribution in [0.15, 0.2) is 30.3 Å². The maximum absolute atomic E-state index is 12.2. The third kappa shape index (κ3) is 7.72. The van der Waals surface area contributed by atoms with Crippen molar-refractivity contribution in [1.29, 1.82) is 0 Å². The maximum atomic E-state index is 12.2. The molecule has 1 aromatic rings. The van der Waals surface area contributed by atoms with Crippen molar-refractivity contribution in [3.05, 3.63) is 30.3 Å². The summed E-state index contributed by atoms with van der Waals surface area (Å²) in [6, 6.07) is 8.66. The van der Waals surface area contributed by atoms with E-state index in [4.69, 9.17) is 28.4 Å². The predicted molar refractivity (Wildman–Crippen MR) is 117 cm³/mol. The van der Waals surface area contributed by atoms with Gasteiger partial charge in [-0.05, 0) is 12.1 Å². The molecule has 0 aromatic heterocycles. The Kier molecular flexibility index (Phi) is 10.8. The van der Waals surface area contributed by atoms with E-state index in [1.165, 1.54) is 0 Å². The first-order chi connectivity index (χ1) is 16.3. The van der Waals surface area contributed by atoms with Gasteiger partial charge < -0.3 is 28.4 Å². The normalized spacial score (nSPS) is 22.4. The highest BCUT2D eigenvalue weighted by Crippen LogP contribution is 2.32. The van der Waals surface area contributed by atoms with Crippen molar-refractivity contribution in [3.8, 4) is 5.75 Å². The summed E-state index contributed by atoms with van der Waals surface area (Å²) in [5, 5.41) is 0. The smallest absolute Gasteiger partial charge is 0.306 e. The van der Waals surface area contributed by atoms with E-state index in [1.54, 1.807) is 58.0 Å². The molecular formula is C24H32O10. The van der Waals surface area contributed by atoms with Crippen LogP contribution in [0.25, 0.3) is 0 Å². The summed E-state index contributed by atoms with van der Waals surface area (Å²) in [5.74, 6) is -1.80. The molecule has 10 nitrogen and oxygen atoms in total. The molecule has 5 atom stereocenters. The zero-order chi connectivity index (χ0) is 25.1. The Balaban J connectivity index is 2.41. The second kappa shape index (κ2) is 13.5. The van der Waals surface area contributed by atoms with Crippen molar-refractivity contribution in [1.82, 2.24) is 0 Å². The zero-order valence-electron chi connectivity index (χ0n) is 19.9. The molecule has 0 aliphatic carbocycles. The SMILES string of the molecule is CCC(=O)OC[C@@H](OC(=O)CC)[C@H]1O[C@@H](Oc2ccccc2)[C@H](OC(=O)CC)[C@H]1OC(=O)CC. The summed E-state index contributed by atoms with van der Waals surface area (Å²) in [7, 11) is 0. The van der Waals surface area contributed by atoms with Crippen LogP contribution >= 0.6 is 0 Å². The van der Waals surface area contributed by atoms with Gasteiger partial charge in [-0.2, -0.15) is 0 Å². The minimum atomic E-state index is -1.18. The lowest BCUT2D eigenvalue weighted by Gasteiger charge is -2.28. The summed E-state index contributed by atoms with van der Waals surface area (Å²) in [6.45, 7) is 6.11. The third-order valence-corrected chi connectivity index (χ3v) is 4.95. The Bertz CT molecular complexity index is 824. The van der Waals surface area contributed by atoms with E-state index >= 15 is 0 Å². The number of hydrogen-bond acceptors (Lipinski definition) is 10. The number of ether oxygens (including phenoxy) is 6. The van der Waals surface area contributed by atoms with Crippen LogP contribution in [0.3, 0.4) is 0 Å². The van der Waals surface area contributed by atoms with Gasteiger partial charge in [-0.25, -0.2) is 0 Å². The number of esters is 4. The van der Waals surface area contributed by atoms with Crippen molar-refractivity contribution in [2.75, 3.05) is 6.61 Å². The fourth-order valence-corrected chi connectivity index (χ4v) is 3.13. The first-order valence-electron chi connectivity index (χ1n) is 11.4. The number of benzene rings is 1. The van der Waals surface area contributed by atoms with Crippen LogP contribution in [0.2, 0.25) is 0 Å². The lowest BCUT2D eigenvalue weighted by molar-refractivity contribution is -0.182. The minimum Gasteiger partial charge on any atom is -0.462 e. The number of rotatable bonds is 12. The van der Waals surface area contributed by atoms with Crippen molar-refractivity contribution >= 4 is 23.9 Å². The van der Waals surface area contributed by atoms with Crippen molar-refractivity contribution < 1.29 is 47.6 Å². The zero-order valence-corrected chi connectivity index (χ0v) is 19.9. The molecule has 1 fully saturated rings. The van der Waals surface area contributed by atoms with E-state index in [0.29, 0.717) is 5.75 Å². The summed E-state index contributed by atoms with van der Waals surface area (Å²) >= 11 is 0. The Labute approximate surface area is 198 Å². The summed E-state index contributed by atoms with van der Waals surface area (Å²) in [5.41, 5.74) is 0. The predicted octanol–water partition coefficient (Wildman–Crippen LogP) is 2.71. The molecule has 0 radical (unpaired) electrons. The van der Waals surface area contributed by atoms with Gasteiger partial charge in [0.05, 0.1) is 0 Å². The van der Waals surface area contributed by atoms with Crippen LogP contribution in [-0.2, 0) is 42.9 Å². The molecule has 188 valence electrons. The fourth-order valence-electron chi connectivity index (χ4n) is 3.13. The molecule has 0 unspecified atom stereocenters. The average molecular weight is 481 g/mol. The van der Waals surface area contributed by atoms with Gasteiger partial charge in [0.25, 0.3) is 0 Å². The molecule has 0 saturated carbocycles. The molecule has 0 bridgehead atoms. The Hall–Kier alpha value is -3.14. The molecular weight excluding hydrogens is 448 g/mol. The average Bonchev–Trinajstić information content (AvgIpc) is 3.17. The molecule has 2 rings (SSSR count). The highest BCUT2D eigenvalue weighted by molar-refractivity contribution is 5.71. The van der Waals surface area contributed by atoms with Crippen molar-refractivity contribution in [2.24, 2.45) is 0 Å². The van der Waals surface area contributed by atoms with E-state index in [-0.39, 0.29) is 32.3 Å². The van der Waals surface area contributed by atoms with E-state index in [1.807, 2.05) is 0 Å². The van der Waals surface area contributed by atoms with Gasteiger partial charge in [0.2, 0.25) is 12.4 Å². The molecule has 1 heterocycles. The topological polar surface area (TPSA) is 124 Å². The summed E-state index contributed by atoms with van der Waals surface area (Å²) in [4.78, 5) is 48.3. The van der Waals surface area contributed by atoms with Crippen LogP contribution in [0, 0.1) is 0 Å². The maximum Gasteiger partial charge on any atom is 0.306 e. The Morgan fingerprint density at radius 1 is 0.794 bits per heavy atom. The number of hydrogen-bond donors (Lipinski definition) is 0. The quantitative estimate of drug-likeness (QED) is 0.326. The van der Waals surface area contributed by atoms with Gasteiger partial charge in [-0.3, -0.25) is 19.2 Å². The number of carbonyl (C=O) groups excluding carboxylic acids is 4. The van der Waals surface area contributed by atoms with Crippen LogP contribution < -0.4 is 4.74 Å². The molecule has 1 aliphatic rings. The van der Waals surface area contributed by atoms with Gasteiger partial charge in [0.1, 0.15) is 18.5 Å². The lowest BCUT2D eigenvalue weighted by Crippen LogP contribution is -2.47. The van der Waals surface area contributed by atoms with Gasteiger partial charge in [-0.15, -0.1) is 0 Å². The second-order valence-corrected chi connectivity index (χ2v) is 7.43. The molecule has 0 amide bonds. The highest BCUT2D eigenvalue weighted by Gasteiger charge is 2.55. The van der Waals surface area contributed by atoms with Crippen molar-refractivity contribution in [3.63, 3.8) is 0 Å². The summed E-state index contributed by atoms with van der Waals surface area (Å²) < 4.78 is 33.7. The monoisotopic (exact) mass is 480 g/mol. The molecule has 0 N–H and O–H groups in total. The van der Waals surface area contributed by atoms with Gasteiger partial charge in [0.15, 0.2) is 12.2 Å². The number of para-hydroxylation sites is 1. The van der Waals surface area contributed by atoms with E-state index in [0.717, 1.165) is 0 Å². The Morgan fingerprint density at radius 3 is 1.91 bits per heavy atom. The first kappa shape index (κ1) is 27.1. The van der Waals surface area contributed by atoms with Crippen LogP contribution in [0.5, 0.6) is 5.75 Å². The molecule has 1 aliphatic heterocycles. The standard InChI is InChI=1S/C24H32O10/c1-5-17(25)29-14-16(31-18(26)6-2)21-22(32-19(27)7-3)23(33-20(28)8-4)24(34-21)30-15-12-10-9-11-13-15/h9-13,16,21-24H,5-8,14H2,1-4H3/t16-,21-,22+,23-,24-/m1/s1. The second-order valence-electron chi connectivity index (χ2n) is 7.43. The first-order valence-corrected chi connectivity index (χ1v) is 11.4. The fraction of sp³-hybridized carbons (Fsp3) is 0.583. The minimum absolute atomic E-state index is 0.0477. The molecule has 1 aromatic carbocycles. The van der Waals surface area contributed by atoms with Crippen LogP contribution in [-0.4, -0.2) is 61.2 Å². The van der Waals surface area contributed by atoms with E-state index in [9.17, 15) is 19.2 Å². The number of carbonyl (C=O) groups is 4. The highest BCUT2D eigenvalue weighted by atomic mass is 16.7.